The highest BCUT2D eigenvalue weighted by atomic mass is 16.5. The average molecular weight is 283 g/mol. The Labute approximate surface area is 125 Å². The highest BCUT2D eigenvalue weighted by molar-refractivity contribution is 5.23. The van der Waals surface area contributed by atoms with E-state index in [4.69, 9.17) is 4.74 Å². The third kappa shape index (κ3) is 3.79. The van der Waals surface area contributed by atoms with E-state index in [0.29, 0.717) is 0 Å². The van der Waals surface area contributed by atoms with Crippen molar-refractivity contribution >= 4 is 0 Å². The summed E-state index contributed by atoms with van der Waals surface area (Å²) < 4.78 is 6.03. The molecule has 0 unspecified atom stereocenters. The molecule has 2 aromatic rings. The van der Waals surface area contributed by atoms with E-state index in [1.54, 1.807) is 6.20 Å². The van der Waals surface area contributed by atoms with Gasteiger partial charge in [-0.25, -0.2) is 4.98 Å². The summed E-state index contributed by atoms with van der Waals surface area (Å²) in [7, 11) is 0. The molecule has 0 aliphatic carbocycles. The van der Waals surface area contributed by atoms with Crippen LogP contribution >= 0.6 is 0 Å². The standard InChI is InChI=1S/C17H21N3O/c1-14-4-2-9-19-17(14)21-16-6-10-20(11-7-16)13-15-5-3-8-18-12-15/h2-5,8-9,12,16H,6-7,10-11,13H2,1H3. The molecule has 0 spiro atoms. The lowest BCUT2D eigenvalue weighted by atomic mass is 10.1. The first-order valence-corrected chi connectivity index (χ1v) is 7.51. The van der Waals surface area contributed by atoms with Gasteiger partial charge in [0, 0.05) is 43.8 Å². The second kappa shape index (κ2) is 6.68. The first-order chi connectivity index (χ1) is 10.3. The van der Waals surface area contributed by atoms with E-state index in [2.05, 4.69) is 20.9 Å². The van der Waals surface area contributed by atoms with Crippen molar-refractivity contribution in [1.82, 2.24) is 14.9 Å². The van der Waals surface area contributed by atoms with Crippen LogP contribution in [-0.2, 0) is 6.54 Å². The minimum atomic E-state index is 0.281. The van der Waals surface area contributed by atoms with Gasteiger partial charge in [-0.2, -0.15) is 0 Å². The summed E-state index contributed by atoms with van der Waals surface area (Å²) in [5, 5.41) is 0. The Morgan fingerprint density at radius 2 is 2.00 bits per heavy atom. The van der Waals surface area contributed by atoms with E-state index in [0.717, 1.165) is 43.9 Å². The summed E-state index contributed by atoms with van der Waals surface area (Å²) in [4.78, 5) is 10.9. The van der Waals surface area contributed by atoms with Crippen LogP contribution in [0.5, 0.6) is 5.88 Å². The Bertz CT molecular complexity index is 565. The van der Waals surface area contributed by atoms with Crippen LogP contribution in [0, 0.1) is 6.92 Å². The molecule has 2 aromatic heterocycles. The Morgan fingerprint density at radius 3 is 2.71 bits per heavy atom. The molecular formula is C17H21N3O. The molecule has 0 saturated carbocycles. The van der Waals surface area contributed by atoms with E-state index in [1.165, 1.54) is 5.56 Å². The van der Waals surface area contributed by atoms with Gasteiger partial charge in [-0.3, -0.25) is 9.88 Å². The molecule has 21 heavy (non-hydrogen) atoms. The largest absolute Gasteiger partial charge is 0.474 e. The van der Waals surface area contributed by atoms with Crippen molar-refractivity contribution in [3.8, 4) is 5.88 Å². The Morgan fingerprint density at radius 1 is 1.19 bits per heavy atom. The lowest BCUT2D eigenvalue weighted by molar-refractivity contribution is 0.0926. The van der Waals surface area contributed by atoms with E-state index in [9.17, 15) is 0 Å². The number of pyridine rings is 2. The molecule has 3 heterocycles. The smallest absolute Gasteiger partial charge is 0.216 e. The van der Waals surface area contributed by atoms with Crippen LogP contribution in [0.25, 0.3) is 0 Å². The fraction of sp³-hybridized carbons (Fsp3) is 0.412. The van der Waals surface area contributed by atoms with Crippen molar-refractivity contribution in [2.24, 2.45) is 0 Å². The van der Waals surface area contributed by atoms with Gasteiger partial charge in [-0.05, 0) is 37.5 Å². The molecule has 0 aromatic carbocycles. The maximum absolute atomic E-state index is 6.03. The number of nitrogens with zero attached hydrogens (tertiary/aromatic N) is 3. The van der Waals surface area contributed by atoms with Crippen LogP contribution in [0.15, 0.2) is 42.9 Å². The van der Waals surface area contributed by atoms with Gasteiger partial charge in [0.25, 0.3) is 0 Å². The van der Waals surface area contributed by atoms with Crippen LogP contribution in [0.3, 0.4) is 0 Å². The molecule has 1 saturated heterocycles. The molecule has 1 aliphatic heterocycles. The topological polar surface area (TPSA) is 38.2 Å². The highest BCUT2D eigenvalue weighted by Crippen LogP contribution is 2.20. The number of rotatable bonds is 4. The molecule has 1 fully saturated rings. The average Bonchev–Trinajstić information content (AvgIpc) is 2.52. The predicted molar refractivity (Wildman–Crippen MR) is 82.1 cm³/mol. The van der Waals surface area contributed by atoms with Crippen LogP contribution < -0.4 is 4.74 Å². The zero-order chi connectivity index (χ0) is 14.5. The lowest BCUT2D eigenvalue weighted by Gasteiger charge is -2.32. The molecule has 0 N–H and O–H groups in total. The van der Waals surface area contributed by atoms with Gasteiger partial charge in [0.05, 0.1) is 0 Å². The summed E-state index contributed by atoms with van der Waals surface area (Å²) in [6.07, 6.45) is 7.94. The summed E-state index contributed by atoms with van der Waals surface area (Å²) in [6, 6.07) is 8.11. The van der Waals surface area contributed by atoms with Crippen LogP contribution in [-0.4, -0.2) is 34.1 Å². The van der Waals surface area contributed by atoms with E-state index in [1.807, 2.05) is 37.5 Å². The highest BCUT2D eigenvalue weighted by Gasteiger charge is 2.21. The monoisotopic (exact) mass is 283 g/mol. The quantitative estimate of drug-likeness (QED) is 0.865. The van der Waals surface area contributed by atoms with Gasteiger partial charge in [0.1, 0.15) is 6.10 Å². The number of piperidine rings is 1. The van der Waals surface area contributed by atoms with Gasteiger partial charge in [0.2, 0.25) is 5.88 Å². The normalized spacial score (nSPS) is 16.8. The number of likely N-dealkylation sites (tertiary alicyclic amines) is 1. The van der Waals surface area contributed by atoms with Crippen molar-refractivity contribution < 1.29 is 4.74 Å². The fourth-order valence-corrected chi connectivity index (χ4v) is 2.69. The molecule has 0 bridgehead atoms. The molecule has 110 valence electrons. The van der Waals surface area contributed by atoms with Crippen LogP contribution in [0.1, 0.15) is 24.0 Å². The van der Waals surface area contributed by atoms with Crippen molar-refractivity contribution in [3.05, 3.63) is 54.0 Å². The van der Waals surface area contributed by atoms with Gasteiger partial charge in [0.15, 0.2) is 0 Å². The Balaban J connectivity index is 1.50. The van der Waals surface area contributed by atoms with Gasteiger partial charge in [-0.15, -0.1) is 0 Å². The number of hydrogen-bond donors (Lipinski definition) is 0. The lowest BCUT2D eigenvalue weighted by Crippen LogP contribution is -2.38. The van der Waals surface area contributed by atoms with Gasteiger partial charge in [-0.1, -0.05) is 12.1 Å². The number of ether oxygens (including phenoxy) is 1. The molecule has 3 rings (SSSR count). The fourth-order valence-electron chi connectivity index (χ4n) is 2.69. The second-order valence-corrected chi connectivity index (χ2v) is 5.58. The van der Waals surface area contributed by atoms with Crippen molar-refractivity contribution in [3.63, 3.8) is 0 Å². The van der Waals surface area contributed by atoms with E-state index >= 15 is 0 Å². The zero-order valence-electron chi connectivity index (χ0n) is 12.4. The van der Waals surface area contributed by atoms with Crippen molar-refractivity contribution in [1.29, 1.82) is 0 Å². The molecule has 4 heteroatoms. The molecule has 0 amide bonds. The number of hydrogen-bond acceptors (Lipinski definition) is 4. The van der Waals surface area contributed by atoms with Crippen molar-refractivity contribution in [2.45, 2.75) is 32.4 Å². The van der Waals surface area contributed by atoms with Gasteiger partial charge < -0.3 is 4.74 Å². The van der Waals surface area contributed by atoms with Gasteiger partial charge >= 0.3 is 0 Å². The molecule has 0 atom stereocenters. The molecule has 0 radical (unpaired) electrons. The third-order valence-corrected chi connectivity index (χ3v) is 3.90. The van der Waals surface area contributed by atoms with E-state index in [-0.39, 0.29) is 6.10 Å². The Hall–Kier alpha value is -1.94. The Kier molecular flexibility index (Phi) is 4.46. The zero-order valence-corrected chi connectivity index (χ0v) is 12.4. The summed E-state index contributed by atoms with van der Waals surface area (Å²) in [6.45, 7) is 5.14. The molecule has 4 nitrogen and oxygen atoms in total. The maximum atomic E-state index is 6.03. The summed E-state index contributed by atoms with van der Waals surface area (Å²) in [5.74, 6) is 0.781. The first-order valence-electron chi connectivity index (χ1n) is 7.51. The number of aryl methyl sites for hydroxylation is 1. The minimum Gasteiger partial charge on any atom is -0.474 e. The number of aromatic nitrogens is 2. The van der Waals surface area contributed by atoms with E-state index < -0.39 is 0 Å². The first kappa shape index (κ1) is 14.0. The molecular weight excluding hydrogens is 262 g/mol. The summed E-state index contributed by atoms with van der Waals surface area (Å²) in [5.41, 5.74) is 2.38. The third-order valence-electron chi connectivity index (χ3n) is 3.90. The maximum Gasteiger partial charge on any atom is 0.216 e. The minimum absolute atomic E-state index is 0.281. The van der Waals surface area contributed by atoms with Crippen LogP contribution in [0.4, 0.5) is 0 Å². The SMILES string of the molecule is Cc1cccnc1OC1CCN(Cc2cccnc2)CC1. The predicted octanol–water partition coefficient (Wildman–Crippen LogP) is 2.83. The summed E-state index contributed by atoms with van der Waals surface area (Å²) >= 11 is 0. The van der Waals surface area contributed by atoms with Crippen molar-refractivity contribution in [2.75, 3.05) is 13.1 Å². The molecule has 1 aliphatic rings. The second-order valence-electron chi connectivity index (χ2n) is 5.58. The van der Waals surface area contributed by atoms with Crippen LogP contribution in [0.2, 0.25) is 0 Å².